The van der Waals surface area contributed by atoms with Crippen molar-refractivity contribution in [2.45, 2.75) is 19.0 Å². The second-order valence-corrected chi connectivity index (χ2v) is 3.94. The number of carbonyl (C=O) groups is 2. The van der Waals surface area contributed by atoms with Crippen LogP contribution in [0.2, 0.25) is 0 Å². The Balaban J connectivity index is 2.49. The van der Waals surface area contributed by atoms with Crippen molar-refractivity contribution in [2.75, 3.05) is 12.5 Å². The highest BCUT2D eigenvalue weighted by molar-refractivity contribution is 6.18. The van der Waals surface area contributed by atoms with Crippen LogP contribution < -0.4 is 10.4 Å². The number of carboxylic acids is 1. The normalized spacial score (nSPS) is 12.1. The van der Waals surface area contributed by atoms with Gasteiger partial charge >= 0.3 is 5.97 Å². The van der Waals surface area contributed by atoms with Crippen LogP contribution in [-0.2, 0) is 20.9 Å². The molecule has 0 radical (unpaired) electrons. The first-order valence-electron chi connectivity index (χ1n) is 5.41. The second kappa shape index (κ2) is 7.73. The molecule has 0 bridgehead atoms. The molecule has 0 aromatic carbocycles. The molecule has 6 nitrogen and oxygen atoms in total. The topological polar surface area (TPSA) is 96.2 Å². The molecule has 1 rings (SSSR count). The van der Waals surface area contributed by atoms with Gasteiger partial charge in [0.25, 0.3) is 0 Å². The molecule has 0 unspecified atom stereocenters. The third-order valence-corrected chi connectivity index (χ3v) is 2.35. The van der Waals surface area contributed by atoms with Gasteiger partial charge in [-0.05, 0) is 12.1 Å². The number of carbonyl (C=O) groups excluding carboxylic acids is 2. The maximum absolute atomic E-state index is 11.6. The Morgan fingerprint density at radius 2 is 2.33 bits per heavy atom. The van der Waals surface area contributed by atoms with Crippen LogP contribution in [0.3, 0.4) is 0 Å². The maximum Gasteiger partial charge on any atom is 0.365 e. The van der Waals surface area contributed by atoms with Crippen LogP contribution in [0.4, 0.5) is 0 Å². The number of esters is 1. The smallest absolute Gasteiger partial charge is 0.365 e. The fourth-order valence-electron chi connectivity index (χ4n) is 1.38. The molecule has 0 amide bonds. The van der Waals surface area contributed by atoms with E-state index in [0.29, 0.717) is 12.3 Å². The third-order valence-electron chi connectivity index (χ3n) is 2.19. The quantitative estimate of drug-likeness (QED) is 0.467. The molecule has 0 aliphatic heterocycles. The number of quaternary nitrogens is 1. The molecular weight excluding hydrogens is 262 g/mol. The van der Waals surface area contributed by atoms with Gasteiger partial charge in [0.15, 0.2) is 11.8 Å². The van der Waals surface area contributed by atoms with E-state index in [2.05, 4.69) is 0 Å². The molecule has 2 N–H and O–H groups in total. The van der Waals surface area contributed by atoms with Crippen molar-refractivity contribution in [3.05, 3.63) is 24.2 Å². The number of hydrogen-bond donors (Lipinski definition) is 1. The summed E-state index contributed by atoms with van der Waals surface area (Å²) in [6, 6.07) is 2.59. The summed E-state index contributed by atoms with van der Waals surface area (Å²) in [6.07, 6.45) is 1.09. The lowest BCUT2D eigenvalue weighted by atomic mass is 10.2. The van der Waals surface area contributed by atoms with E-state index in [1.54, 1.807) is 12.1 Å². The van der Waals surface area contributed by atoms with Gasteiger partial charge in [-0.15, -0.1) is 11.6 Å². The Hall–Kier alpha value is -1.53. The number of furan rings is 1. The summed E-state index contributed by atoms with van der Waals surface area (Å²) in [5, 5.41) is 12.1. The Kier molecular flexibility index (Phi) is 6.24. The molecule has 1 heterocycles. The van der Waals surface area contributed by atoms with Crippen molar-refractivity contribution < 1.29 is 29.2 Å². The van der Waals surface area contributed by atoms with Crippen molar-refractivity contribution >= 4 is 23.5 Å². The van der Waals surface area contributed by atoms with Crippen molar-refractivity contribution in [2.24, 2.45) is 0 Å². The van der Waals surface area contributed by atoms with Gasteiger partial charge < -0.3 is 24.4 Å². The van der Waals surface area contributed by atoms with E-state index < -0.39 is 24.4 Å². The lowest BCUT2D eigenvalue weighted by Crippen LogP contribution is -2.91. The van der Waals surface area contributed by atoms with Crippen molar-refractivity contribution in [1.82, 2.24) is 0 Å². The van der Waals surface area contributed by atoms with Crippen LogP contribution in [0.15, 0.2) is 22.8 Å². The SMILES string of the molecule is O=C([O-])C[C@H]([NH2+]Cc1ccco1)C(=O)OCCCl. The Morgan fingerprint density at radius 1 is 1.56 bits per heavy atom. The molecule has 7 heteroatoms. The van der Waals surface area contributed by atoms with Gasteiger partial charge in [-0.3, -0.25) is 0 Å². The molecule has 0 aliphatic carbocycles. The zero-order valence-electron chi connectivity index (χ0n) is 9.63. The molecule has 100 valence electrons. The molecule has 1 atom stereocenters. The summed E-state index contributed by atoms with van der Waals surface area (Å²) >= 11 is 5.38. The number of nitrogens with two attached hydrogens (primary N) is 1. The van der Waals surface area contributed by atoms with Crippen LogP contribution in [0.5, 0.6) is 0 Å². The van der Waals surface area contributed by atoms with E-state index in [0.717, 1.165) is 0 Å². The van der Waals surface area contributed by atoms with Gasteiger partial charge in [-0.1, -0.05) is 0 Å². The fraction of sp³-hybridized carbons (Fsp3) is 0.455. The first-order chi connectivity index (χ1) is 8.63. The summed E-state index contributed by atoms with van der Waals surface area (Å²) < 4.78 is 9.88. The molecule has 1 aromatic rings. The zero-order chi connectivity index (χ0) is 13.4. The Morgan fingerprint density at radius 3 is 2.89 bits per heavy atom. The minimum absolute atomic E-state index is 0.0541. The first kappa shape index (κ1) is 14.5. The van der Waals surface area contributed by atoms with Crippen molar-refractivity contribution in [3.63, 3.8) is 0 Å². The highest BCUT2D eigenvalue weighted by atomic mass is 35.5. The van der Waals surface area contributed by atoms with E-state index in [1.165, 1.54) is 11.6 Å². The van der Waals surface area contributed by atoms with Gasteiger partial charge in [0.05, 0.1) is 18.6 Å². The van der Waals surface area contributed by atoms with E-state index in [9.17, 15) is 14.7 Å². The molecule has 0 fully saturated rings. The summed E-state index contributed by atoms with van der Waals surface area (Å²) in [5.74, 6) is -1.12. The van der Waals surface area contributed by atoms with E-state index >= 15 is 0 Å². The van der Waals surface area contributed by atoms with Crippen LogP contribution in [-0.4, -0.2) is 30.5 Å². The van der Waals surface area contributed by atoms with Crippen molar-refractivity contribution in [3.8, 4) is 0 Å². The second-order valence-electron chi connectivity index (χ2n) is 3.56. The summed E-state index contributed by atoms with van der Waals surface area (Å²) in [6.45, 7) is 0.402. The minimum atomic E-state index is -1.31. The van der Waals surface area contributed by atoms with E-state index in [1.807, 2.05) is 0 Å². The third kappa shape index (κ3) is 5.20. The van der Waals surface area contributed by atoms with Gasteiger partial charge in [-0.2, -0.15) is 0 Å². The van der Waals surface area contributed by atoms with E-state index in [4.69, 9.17) is 20.8 Å². The number of ether oxygens (including phenoxy) is 1. The summed E-state index contributed by atoms with van der Waals surface area (Å²) in [4.78, 5) is 22.1. The summed E-state index contributed by atoms with van der Waals surface area (Å²) in [5.41, 5.74) is 0. The monoisotopic (exact) mass is 275 g/mol. The molecule has 1 aromatic heterocycles. The fourth-order valence-corrected chi connectivity index (χ4v) is 1.45. The average molecular weight is 276 g/mol. The molecule has 0 spiro atoms. The van der Waals surface area contributed by atoms with Crippen LogP contribution in [0.1, 0.15) is 12.2 Å². The number of alkyl halides is 1. The number of rotatable bonds is 8. The molecular formula is C11H14ClNO5. The lowest BCUT2D eigenvalue weighted by Gasteiger charge is -2.14. The van der Waals surface area contributed by atoms with E-state index in [-0.39, 0.29) is 12.5 Å². The Labute approximate surface area is 109 Å². The number of carboxylic acid groups (broad SMARTS) is 1. The molecule has 0 saturated carbocycles. The average Bonchev–Trinajstić information content (AvgIpc) is 2.84. The highest BCUT2D eigenvalue weighted by Gasteiger charge is 2.24. The van der Waals surface area contributed by atoms with Crippen LogP contribution >= 0.6 is 11.6 Å². The van der Waals surface area contributed by atoms with Gasteiger partial charge in [0, 0.05) is 5.97 Å². The maximum atomic E-state index is 11.6. The predicted octanol–water partition coefficient (Wildman–Crippen LogP) is -1.37. The number of halogens is 1. The van der Waals surface area contributed by atoms with Gasteiger partial charge in [0.1, 0.15) is 13.2 Å². The van der Waals surface area contributed by atoms with Gasteiger partial charge in [-0.25, -0.2) is 4.79 Å². The first-order valence-corrected chi connectivity index (χ1v) is 5.95. The largest absolute Gasteiger partial charge is 0.550 e. The van der Waals surface area contributed by atoms with Crippen molar-refractivity contribution in [1.29, 1.82) is 0 Å². The van der Waals surface area contributed by atoms with Crippen LogP contribution in [0.25, 0.3) is 0 Å². The molecule has 0 saturated heterocycles. The lowest BCUT2D eigenvalue weighted by molar-refractivity contribution is -0.694. The van der Waals surface area contributed by atoms with Gasteiger partial charge in [0.2, 0.25) is 0 Å². The number of hydrogen-bond acceptors (Lipinski definition) is 5. The van der Waals surface area contributed by atoms with Crippen LogP contribution in [0, 0.1) is 0 Å². The molecule has 18 heavy (non-hydrogen) atoms. The minimum Gasteiger partial charge on any atom is -0.550 e. The Bertz CT molecular complexity index is 379. The zero-order valence-corrected chi connectivity index (χ0v) is 10.4. The highest BCUT2D eigenvalue weighted by Crippen LogP contribution is 1.97. The number of aliphatic carboxylic acids is 1. The summed E-state index contributed by atoms with van der Waals surface area (Å²) in [7, 11) is 0. The molecule has 0 aliphatic rings. The predicted molar refractivity (Wildman–Crippen MR) is 59.4 cm³/mol. The standard InChI is InChI=1S/C11H14ClNO5/c12-3-5-18-11(16)9(6-10(14)15)13-7-8-2-1-4-17-8/h1-2,4,9,13H,3,5-7H2,(H,14,15)/t9-/m0/s1.